The lowest BCUT2D eigenvalue weighted by Crippen LogP contribution is -2.05. The molecule has 0 heterocycles. The summed E-state index contributed by atoms with van der Waals surface area (Å²) in [5.41, 5.74) is 4.82. The van der Waals surface area contributed by atoms with Crippen LogP contribution in [0, 0.1) is 12.7 Å². The minimum absolute atomic E-state index is 0.0261. The van der Waals surface area contributed by atoms with Crippen molar-refractivity contribution in [3.05, 3.63) is 70.0 Å². The van der Waals surface area contributed by atoms with E-state index in [0.717, 1.165) is 18.4 Å². The number of fused-ring (bicyclic) bond motifs is 1. The van der Waals surface area contributed by atoms with Crippen LogP contribution >= 0.6 is 0 Å². The predicted octanol–water partition coefficient (Wildman–Crippen LogP) is 4.05. The Bertz CT molecular complexity index is 673. The molecule has 0 spiro atoms. The minimum Gasteiger partial charge on any atom is -0.294 e. The van der Waals surface area contributed by atoms with Crippen molar-refractivity contribution in [1.82, 2.24) is 0 Å². The Labute approximate surface area is 118 Å². The van der Waals surface area contributed by atoms with Crippen LogP contribution in [0.15, 0.2) is 36.4 Å². The largest absolute Gasteiger partial charge is 0.294 e. The molecule has 2 heteroatoms. The fourth-order valence-electron chi connectivity index (χ4n) is 2.79. The van der Waals surface area contributed by atoms with Gasteiger partial charge in [0.1, 0.15) is 5.82 Å². The quantitative estimate of drug-likeness (QED) is 0.768. The number of ketones is 1. The molecule has 1 nitrogen and oxygen atoms in total. The molecule has 0 atom stereocenters. The fraction of sp³-hybridized carbons (Fsp3) is 0.278. The van der Waals surface area contributed by atoms with Crippen LogP contribution in [0.5, 0.6) is 0 Å². The van der Waals surface area contributed by atoms with E-state index in [-0.39, 0.29) is 11.6 Å². The van der Waals surface area contributed by atoms with E-state index in [9.17, 15) is 9.18 Å². The summed E-state index contributed by atoms with van der Waals surface area (Å²) >= 11 is 0. The van der Waals surface area contributed by atoms with Crippen molar-refractivity contribution in [3.63, 3.8) is 0 Å². The van der Waals surface area contributed by atoms with Crippen LogP contribution in [0.1, 0.15) is 39.0 Å². The predicted molar refractivity (Wildman–Crippen MR) is 77.6 cm³/mol. The smallest absolute Gasteiger partial charge is 0.167 e. The van der Waals surface area contributed by atoms with Gasteiger partial charge < -0.3 is 0 Å². The van der Waals surface area contributed by atoms with Crippen LogP contribution in [0.2, 0.25) is 0 Å². The van der Waals surface area contributed by atoms with E-state index in [1.54, 1.807) is 19.1 Å². The highest BCUT2D eigenvalue weighted by Crippen LogP contribution is 2.23. The lowest BCUT2D eigenvalue weighted by molar-refractivity contribution is 0.0992. The van der Waals surface area contributed by atoms with Crippen LogP contribution in [0.3, 0.4) is 0 Å². The third-order valence-corrected chi connectivity index (χ3v) is 4.02. The lowest BCUT2D eigenvalue weighted by Gasteiger charge is -2.06. The summed E-state index contributed by atoms with van der Waals surface area (Å²) in [6, 6.07) is 11.0. The van der Waals surface area contributed by atoms with E-state index >= 15 is 0 Å². The van der Waals surface area contributed by atoms with Gasteiger partial charge in [-0.2, -0.15) is 0 Å². The van der Waals surface area contributed by atoms with E-state index in [2.05, 4.69) is 12.1 Å². The number of carbonyl (C=O) groups is 1. The topological polar surface area (TPSA) is 17.1 Å². The molecule has 1 aliphatic rings. The summed E-state index contributed by atoms with van der Waals surface area (Å²) < 4.78 is 13.5. The first-order valence-electron chi connectivity index (χ1n) is 7.03. The first-order chi connectivity index (χ1) is 9.63. The second-order valence-electron chi connectivity index (χ2n) is 5.52. The lowest BCUT2D eigenvalue weighted by atomic mass is 9.99. The highest BCUT2D eigenvalue weighted by Gasteiger charge is 2.13. The molecule has 0 aromatic heterocycles. The number of halogens is 1. The maximum absolute atomic E-state index is 13.5. The van der Waals surface area contributed by atoms with Gasteiger partial charge in [0.05, 0.1) is 0 Å². The van der Waals surface area contributed by atoms with E-state index in [1.807, 2.05) is 6.07 Å². The Balaban J connectivity index is 1.80. The second kappa shape index (κ2) is 5.20. The zero-order chi connectivity index (χ0) is 14.1. The molecular formula is C18H17FO. The number of Topliss-reactive ketones (excluding diaryl/α,β-unsaturated/α-hetero) is 1. The van der Waals surface area contributed by atoms with Gasteiger partial charge in [0.25, 0.3) is 0 Å². The van der Waals surface area contributed by atoms with Crippen LogP contribution in [-0.2, 0) is 19.3 Å². The standard InChI is InChI=1S/C18H17FO/c1-12-5-7-16(11-17(12)19)18(20)10-13-6-8-14-3-2-4-15(14)9-13/h5-9,11H,2-4,10H2,1H3. The van der Waals surface area contributed by atoms with Crippen molar-refractivity contribution < 1.29 is 9.18 Å². The van der Waals surface area contributed by atoms with Gasteiger partial charge in [-0.15, -0.1) is 0 Å². The van der Waals surface area contributed by atoms with Crippen LogP contribution < -0.4 is 0 Å². The van der Waals surface area contributed by atoms with Gasteiger partial charge in [-0.1, -0.05) is 30.3 Å². The van der Waals surface area contributed by atoms with E-state index in [1.165, 1.54) is 23.6 Å². The Kier molecular flexibility index (Phi) is 3.39. The second-order valence-corrected chi connectivity index (χ2v) is 5.52. The Morgan fingerprint density at radius 3 is 2.70 bits per heavy atom. The third-order valence-electron chi connectivity index (χ3n) is 4.02. The molecule has 0 amide bonds. The van der Waals surface area contributed by atoms with Crippen molar-refractivity contribution in [2.45, 2.75) is 32.6 Å². The molecule has 2 aromatic carbocycles. The van der Waals surface area contributed by atoms with E-state index < -0.39 is 0 Å². The monoisotopic (exact) mass is 268 g/mol. The average molecular weight is 268 g/mol. The average Bonchev–Trinajstić information content (AvgIpc) is 2.89. The molecule has 0 saturated carbocycles. The summed E-state index contributed by atoms with van der Waals surface area (Å²) in [5, 5.41) is 0. The molecule has 0 aliphatic heterocycles. The molecule has 3 rings (SSSR count). The zero-order valence-electron chi connectivity index (χ0n) is 11.6. The van der Waals surface area contributed by atoms with Gasteiger partial charge in [-0.25, -0.2) is 4.39 Å². The van der Waals surface area contributed by atoms with Gasteiger partial charge in [0.2, 0.25) is 0 Å². The number of rotatable bonds is 3. The van der Waals surface area contributed by atoms with Crippen LogP contribution in [0.4, 0.5) is 4.39 Å². The fourth-order valence-corrected chi connectivity index (χ4v) is 2.79. The van der Waals surface area contributed by atoms with Crippen LogP contribution in [0.25, 0.3) is 0 Å². The maximum Gasteiger partial charge on any atom is 0.167 e. The summed E-state index contributed by atoms with van der Waals surface area (Å²) in [6.45, 7) is 1.70. The van der Waals surface area contributed by atoms with Gasteiger partial charge >= 0.3 is 0 Å². The summed E-state index contributed by atoms with van der Waals surface area (Å²) in [6.07, 6.45) is 3.80. The normalized spacial score (nSPS) is 13.3. The van der Waals surface area contributed by atoms with Crippen molar-refractivity contribution >= 4 is 5.78 Å². The third kappa shape index (κ3) is 2.51. The molecule has 102 valence electrons. The number of carbonyl (C=O) groups excluding carboxylic acids is 1. The molecular weight excluding hydrogens is 251 g/mol. The van der Waals surface area contributed by atoms with Crippen molar-refractivity contribution in [3.8, 4) is 0 Å². The number of hydrogen-bond acceptors (Lipinski definition) is 1. The van der Waals surface area contributed by atoms with Gasteiger partial charge in [-0.05, 0) is 54.5 Å². The summed E-state index contributed by atoms with van der Waals surface area (Å²) in [7, 11) is 0. The molecule has 0 saturated heterocycles. The Hall–Kier alpha value is -1.96. The number of aryl methyl sites for hydroxylation is 3. The van der Waals surface area contributed by atoms with Gasteiger partial charge in [0.15, 0.2) is 5.78 Å². The zero-order valence-corrected chi connectivity index (χ0v) is 11.6. The highest BCUT2D eigenvalue weighted by atomic mass is 19.1. The van der Waals surface area contributed by atoms with Crippen molar-refractivity contribution in [2.24, 2.45) is 0 Å². The molecule has 2 aromatic rings. The summed E-state index contributed by atoms with van der Waals surface area (Å²) in [5.74, 6) is -0.341. The first kappa shape index (κ1) is 13.0. The summed E-state index contributed by atoms with van der Waals surface area (Å²) in [4.78, 5) is 12.2. The van der Waals surface area contributed by atoms with Crippen LogP contribution in [-0.4, -0.2) is 5.78 Å². The molecule has 0 unspecified atom stereocenters. The molecule has 0 fully saturated rings. The molecule has 20 heavy (non-hydrogen) atoms. The van der Waals surface area contributed by atoms with Gasteiger partial charge in [0, 0.05) is 12.0 Å². The molecule has 1 aliphatic carbocycles. The first-order valence-corrected chi connectivity index (χ1v) is 7.03. The van der Waals surface area contributed by atoms with Gasteiger partial charge in [-0.3, -0.25) is 4.79 Å². The number of benzene rings is 2. The van der Waals surface area contributed by atoms with E-state index in [4.69, 9.17) is 0 Å². The SMILES string of the molecule is Cc1ccc(C(=O)Cc2ccc3c(c2)CCC3)cc1F. The Morgan fingerprint density at radius 1 is 1.10 bits per heavy atom. The minimum atomic E-state index is -0.315. The number of hydrogen-bond donors (Lipinski definition) is 0. The molecule has 0 bridgehead atoms. The molecule has 0 N–H and O–H groups in total. The maximum atomic E-state index is 13.5. The Morgan fingerprint density at radius 2 is 1.90 bits per heavy atom. The molecule has 0 radical (unpaired) electrons. The van der Waals surface area contributed by atoms with E-state index in [0.29, 0.717) is 17.5 Å². The van der Waals surface area contributed by atoms with Crippen molar-refractivity contribution in [1.29, 1.82) is 0 Å². The highest BCUT2D eigenvalue weighted by molar-refractivity contribution is 5.97. The van der Waals surface area contributed by atoms with Crippen molar-refractivity contribution in [2.75, 3.05) is 0 Å².